The molecule has 1 aromatic heterocycles. The lowest BCUT2D eigenvalue weighted by Gasteiger charge is -2.41. The summed E-state index contributed by atoms with van der Waals surface area (Å²) in [5.41, 5.74) is -0.0280. The van der Waals surface area contributed by atoms with E-state index in [2.05, 4.69) is 4.98 Å². The summed E-state index contributed by atoms with van der Waals surface area (Å²) in [6.07, 6.45) is 1.07. The number of nitriles is 1. The smallest absolute Gasteiger partial charge is 0.410 e. The second-order valence-electron chi connectivity index (χ2n) is 7.17. The molecule has 2 rings (SSSR count). The number of carbonyl (C=O) groups is 2. The Kier molecular flexibility index (Phi) is 5.70. The highest BCUT2D eigenvalue weighted by Gasteiger charge is 2.32. The predicted molar refractivity (Wildman–Crippen MR) is 94.9 cm³/mol. The monoisotopic (exact) mass is 360 g/mol. The Balaban J connectivity index is 2.20. The van der Waals surface area contributed by atoms with Gasteiger partial charge in [-0.3, -0.25) is 0 Å². The molecule has 1 aliphatic heterocycles. The molecular weight excluding hydrogens is 336 g/mol. The van der Waals surface area contributed by atoms with Gasteiger partial charge in [0.15, 0.2) is 0 Å². The molecule has 1 saturated heterocycles. The van der Waals surface area contributed by atoms with E-state index in [1.165, 1.54) is 19.4 Å². The van der Waals surface area contributed by atoms with E-state index in [4.69, 9.17) is 14.7 Å². The van der Waals surface area contributed by atoms with Crippen LogP contribution in [0.1, 0.15) is 43.6 Å². The summed E-state index contributed by atoms with van der Waals surface area (Å²) in [5, 5.41) is 9.03. The highest BCUT2D eigenvalue weighted by molar-refractivity contribution is 5.95. The van der Waals surface area contributed by atoms with Crippen molar-refractivity contribution < 1.29 is 19.1 Å². The Hall–Kier alpha value is -2.82. The summed E-state index contributed by atoms with van der Waals surface area (Å²) in [5.74, 6) is -0.0987. The maximum atomic E-state index is 12.3. The van der Waals surface area contributed by atoms with Gasteiger partial charge in [-0.05, 0) is 33.8 Å². The van der Waals surface area contributed by atoms with E-state index in [0.717, 1.165) is 0 Å². The molecule has 1 aliphatic rings. The van der Waals surface area contributed by atoms with Gasteiger partial charge in [-0.2, -0.15) is 5.26 Å². The molecule has 1 atom stereocenters. The van der Waals surface area contributed by atoms with Crippen LogP contribution in [0.3, 0.4) is 0 Å². The van der Waals surface area contributed by atoms with Crippen molar-refractivity contribution in [1.82, 2.24) is 9.88 Å². The first-order valence-electron chi connectivity index (χ1n) is 8.39. The van der Waals surface area contributed by atoms with Crippen molar-refractivity contribution in [3.8, 4) is 6.07 Å². The Bertz CT molecular complexity index is 736. The molecule has 2 heterocycles. The molecule has 140 valence electrons. The van der Waals surface area contributed by atoms with Crippen molar-refractivity contribution in [3.05, 3.63) is 23.4 Å². The first-order chi connectivity index (χ1) is 12.2. The van der Waals surface area contributed by atoms with E-state index in [1.54, 1.807) is 4.90 Å². The zero-order valence-corrected chi connectivity index (χ0v) is 15.8. The molecule has 1 fully saturated rings. The molecule has 0 N–H and O–H groups in total. The Labute approximate surface area is 153 Å². The number of aromatic nitrogens is 1. The van der Waals surface area contributed by atoms with Crippen molar-refractivity contribution in [2.24, 2.45) is 0 Å². The van der Waals surface area contributed by atoms with E-state index in [0.29, 0.717) is 25.5 Å². The number of ether oxygens (including phenoxy) is 2. The summed E-state index contributed by atoms with van der Waals surface area (Å²) < 4.78 is 10.2. The summed E-state index contributed by atoms with van der Waals surface area (Å²) >= 11 is 0. The SMILES string of the molecule is COC(=O)c1cc(C#N)cnc1N1CCN(C(=O)OC(C)(C)C)[C@@H](C)C1. The molecule has 0 radical (unpaired) electrons. The van der Waals surface area contributed by atoms with Gasteiger partial charge in [0.1, 0.15) is 23.1 Å². The predicted octanol–water partition coefficient (Wildman–Crippen LogP) is 2.19. The van der Waals surface area contributed by atoms with Crippen molar-refractivity contribution in [3.63, 3.8) is 0 Å². The van der Waals surface area contributed by atoms with Gasteiger partial charge >= 0.3 is 12.1 Å². The third-order valence-corrected chi connectivity index (χ3v) is 3.96. The van der Waals surface area contributed by atoms with Crippen molar-refractivity contribution >= 4 is 17.9 Å². The molecule has 26 heavy (non-hydrogen) atoms. The number of carbonyl (C=O) groups excluding carboxylic acids is 2. The lowest BCUT2D eigenvalue weighted by Crippen LogP contribution is -2.55. The third kappa shape index (κ3) is 4.42. The molecule has 1 amide bonds. The molecule has 0 spiro atoms. The molecule has 8 heteroatoms. The van der Waals surface area contributed by atoms with E-state index in [1.807, 2.05) is 38.7 Å². The maximum Gasteiger partial charge on any atom is 0.410 e. The zero-order chi connectivity index (χ0) is 19.5. The van der Waals surface area contributed by atoms with Crippen molar-refractivity contribution in [1.29, 1.82) is 5.26 Å². The van der Waals surface area contributed by atoms with Gasteiger partial charge in [0.05, 0.1) is 12.7 Å². The number of piperazine rings is 1. The Morgan fingerprint density at radius 1 is 1.35 bits per heavy atom. The van der Waals surface area contributed by atoms with Gasteiger partial charge in [0.2, 0.25) is 0 Å². The summed E-state index contributed by atoms with van der Waals surface area (Å²) in [7, 11) is 1.29. The highest BCUT2D eigenvalue weighted by atomic mass is 16.6. The van der Waals surface area contributed by atoms with Gasteiger partial charge in [0.25, 0.3) is 0 Å². The molecule has 0 bridgehead atoms. The number of rotatable bonds is 2. The minimum Gasteiger partial charge on any atom is -0.465 e. The Morgan fingerprint density at radius 2 is 2.04 bits per heavy atom. The number of methoxy groups -OCH3 is 1. The lowest BCUT2D eigenvalue weighted by molar-refractivity contribution is 0.0158. The number of anilines is 1. The van der Waals surface area contributed by atoms with Crippen LogP contribution in [0.2, 0.25) is 0 Å². The molecular formula is C18H24N4O4. The number of hydrogen-bond donors (Lipinski definition) is 0. The maximum absolute atomic E-state index is 12.3. The van der Waals surface area contributed by atoms with Crippen molar-refractivity contribution in [2.75, 3.05) is 31.6 Å². The normalized spacial score (nSPS) is 17.5. The standard InChI is InChI=1S/C18H24N4O4/c1-12-11-21(6-7-22(12)17(24)26-18(2,3)4)15-14(16(23)25-5)8-13(9-19)10-20-15/h8,10,12H,6-7,11H2,1-5H3/t12-/m0/s1. The molecule has 1 aromatic rings. The number of nitrogens with zero attached hydrogens (tertiary/aromatic N) is 4. The van der Waals surface area contributed by atoms with Crippen LogP contribution in [-0.2, 0) is 9.47 Å². The topological polar surface area (TPSA) is 95.8 Å². The first-order valence-corrected chi connectivity index (χ1v) is 8.39. The van der Waals surface area contributed by atoms with Gasteiger partial charge < -0.3 is 19.3 Å². The second-order valence-corrected chi connectivity index (χ2v) is 7.17. The van der Waals surface area contributed by atoms with Gasteiger partial charge in [-0.25, -0.2) is 14.6 Å². The minimum atomic E-state index is -0.555. The van der Waals surface area contributed by atoms with Gasteiger partial charge in [-0.15, -0.1) is 0 Å². The fourth-order valence-electron chi connectivity index (χ4n) is 2.77. The zero-order valence-electron chi connectivity index (χ0n) is 15.8. The average molecular weight is 360 g/mol. The Morgan fingerprint density at radius 3 is 2.58 bits per heavy atom. The van der Waals surface area contributed by atoms with Crippen LogP contribution >= 0.6 is 0 Å². The first kappa shape index (κ1) is 19.5. The number of hydrogen-bond acceptors (Lipinski definition) is 7. The summed E-state index contributed by atoms with van der Waals surface area (Å²) in [6, 6.07) is 3.32. The fraction of sp³-hybridized carbons (Fsp3) is 0.556. The van der Waals surface area contributed by atoms with Crippen LogP contribution in [0.25, 0.3) is 0 Å². The van der Waals surface area contributed by atoms with Crippen LogP contribution in [0.5, 0.6) is 0 Å². The number of esters is 1. The van der Waals surface area contributed by atoms with E-state index >= 15 is 0 Å². The molecule has 0 aliphatic carbocycles. The van der Waals surface area contributed by atoms with E-state index in [-0.39, 0.29) is 23.3 Å². The van der Waals surface area contributed by atoms with Gasteiger partial charge in [0, 0.05) is 31.9 Å². The number of pyridine rings is 1. The third-order valence-electron chi connectivity index (χ3n) is 3.96. The fourth-order valence-corrected chi connectivity index (χ4v) is 2.77. The van der Waals surface area contributed by atoms with Crippen LogP contribution in [-0.4, -0.2) is 60.3 Å². The van der Waals surface area contributed by atoms with E-state index < -0.39 is 11.6 Å². The molecule has 0 unspecified atom stereocenters. The quantitative estimate of drug-likeness (QED) is 0.746. The van der Waals surface area contributed by atoms with Crippen LogP contribution in [0, 0.1) is 11.3 Å². The van der Waals surface area contributed by atoms with Crippen LogP contribution in [0.15, 0.2) is 12.3 Å². The van der Waals surface area contributed by atoms with E-state index in [9.17, 15) is 9.59 Å². The average Bonchev–Trinajstić information content (AvgIpc) is 2.58. The van der Waals surface area contributed by atoms with Crippen LogP contribution in [0.4, 0.5) is 10.6 Å². The highest BCUT2D eigenvalue weighted by Crippen LogP contribution is 2.24. The van der Waals surface area contributed by atoms with Gasteiger partial charge in [-0.1, -0.05) is 0 Å². The molecule has 0 saturated carbocycles. The van der Waals surface area contributed by atoms with Crippen molar-refractivity contribution in [2.45, 2.75) is 39.3 Å². The summed E-state index contributed by atoms with van der Waals surface area (Å²) in [6.45, 7) is 8.82. The molecule has 0 aromatic carbocycles. The minimum absolute atomic E-state index is 0.124. The van der Waals surface area contributed by atoms with Crippen LogP contribution < -0.4 is 4.90 Å². The number of amides is 1. The largest absolute Gasteiger partial charge is 0.465 e. The lowest BCUT2D eigenvalue weighted by atomic mass is 10.1. The molecule has 8 nitrogen and oxygen atoms in total. The second kappa shape index (κ2) is 7.60. The summed E-state index contributed by atoms with van der Waals surface area (Å²) in [4.78, 5) is 32.3.